The fraction of sp³-hybridized carbons (Fsp3) is 0.588. The largest absolute Gasteiger partial charge is 0.469 e. The smallest absolute Gasteiger partial charge is 0.309 e. The van der Waals surface area contributed by atoms with E-state index < -0.39 is 5.92 Å². The van der Waals surface area contributed by atoms with Crippen molar-refractivity contribution in [3.63, 3.8) is 0 Å². The first kappa shape index (κ1) is 30.9. The third-order valence-corrected chi connectivity index (χ3v) is 8.32. The van der Waals surface area contributed by atoms with E-state index in [-0.39, 0.29) is 53.2 Å². The maximum atomic E-state index is 12.9. The molecule has 1 saturated heterocycles. The van der Waals surface area contributed by atoms with Crippen LogP contribution in [0.15, 0.2) is 48.5 Å². The van der Waals surface area contributed by atoms with Crippen molar-refractivity contribution in [2.45, 2.75) is 104 Å². The predicted octanol–water partition coefficient (Wildman–Crippen LogP) is 6.91. The maximum absolute atomic E-state index is 12.9. The highest BCUT2D eigenvalue weighted by Crippen LogP contribution is 2.36. The Kier molecular flexibility index (Phi) is 10.0. The number of hydrogen-bond donors (Lipinski definition) is 1. The van der Waals surface area contributed by atoms with Crippen LogP contribution in [-0.2, 0) is 29.9 Å². The zero-order valence-corrected chi connectivity index (χ0v) is 25.5. The van der Waals surface area contributed by atoms with Crippen LogP contribution in [0, 0.1) is 11.8 Å². The van der Waals surface area contributed by atoms with Crippen LogP contribution in [0.25, 0.3) is 0 Å². The van der Waals surface area contributed by atoms with E-state index >= 15 is 0 Å². The van der Waals surface area contributed by atoms with Crippen molar-refractivity contribution in [3.8, 4) is 0 Å². The standard InChI is InChI=1S/C34H49NO4/c1-10-22(2)28(32(37)38-9)20-30(36)39-27-19-29(35-21-27)31(23-11-15-25(16-12-23)33(3,4)5)24-13-17-26(18-14-24)34(6,7)8/h11-18,22,27-29,31,35H,10,19-21H2,1-9H3/t22-,27+,28-,29+/m0/s1. The Labute approximate surface area is 236 Å². The van der Waals surface area contributed by atoms with Gasteiger partial charge in [0, 0.05) is 24.9 Å². The van der Waals surface area contributed by atoms with Crippen molar-refractivity contribution >= 4 is 11.9 Å². The molecule has 0 spiro atoms. The monoisotopic (exact) mass is 535 g/mol. The van der Waals surface area contributed by atoms with Gasteiger partial charge in [-0.25, -0.2) is 0 Å². The van der Waals surface area contributed by atoms with E-state index in [1.54, 1.807) is 0 Å². The predicted molar refractivity (Wildman–Crippen MR) is 158 cm³/mol. The van der Waals surface area contributed by atoms with E-state index in [1.807, 2.05) is 13.8 Å². The molecule has 2 aromatic carbocycles. The number of nitrogens with one attached hydrogen (secondary N) is 1. The Morgan fingerprint density at radius 3 is 1.79 bits per heavy atom. The van der Waals surface area contributed by atoms with Gasteiger partial charge in [0.25, 0.3) is 0 Å². The summed E-state index contributed by atoms with van der Waals surface area (Å²) in [5.41, 5.74) is 5.29. The van der Waals surface area contributed by atoms with E-state index in [0.29, 0.717) is 13.0 Å². The molecule has 1 aliphatic heterocycles. The second kappa shape index (κ2) is 12.7. The first-order valence-electron chi connectivity index (χ1n) is 14.5. The van der Waals surface area contributed by atoms with E-state index in [4.69, 9.17) is 9.47 Å². The Morgan fingerprint density at radius 1 is 0.897 bits per heavy atom. The Morgan fingerprint density at radius 2 is 1.38 bits per heavy atom. The minimum atomic E-state index is -0.479. The van der Waals surface area contributed by atoms with Crippen molar-refractivity contribution in [3.05, 3.63) is 70.8 Å². The van der Waals surface area contributed by atoms with E-state index in [2.05, 4.69) is 95.4 Å². The van der Waals surface area contributed by atoms with Gasteiger partial charge in [-0.3, -0.25) is 9.59 Å². The molecule has 39 heavy (non-hydrogen) atoms. The van der Waals surface area contributed by atoms with Crippen LogP contribution in [-0.4, -0.2) is 37.7 Å². The van der Waals surface area contributed by atoms with Gasteiger partial charge in [-0.2, -0.15) is 0 Å². The number of hydrogen-bond acceptors (Lipinski definition) is 5. The molecule has 1 aliphatic rings. The molecule has 3 rings (SSSR count). The summed E-state index contributed by atoms with van der Waals surface area (Å²) in [6.07, 6.45) is 1.33. The normalized spacial score (nSPS) is 19.5. The summed E-state index contributed by atoms with van der Waals surface area (Å²) in [5, 5.41) is 3.65. The molecule has 0 amide bonds. The van der Waals surface area contributed by atoms with Gasteiger partial charge < -0.3 is 14.8 Å². The van der Waals surface area contributed by atoms with Gasteiger partial charge in [-0.1, -0.05) is 110 Å². The summed E-state index contributed by atoms with van der Waals surface area (Å²) in [4.78, 5) is 25.1. The topological polar surface area (TPSA) is 64.6 Å². The van der Waals surface area contributed by atoms with Crippen LogP contribution < -0.4 is 5.32 Å². The quantitative estimate of drug-likeness (QED) is 0.353. The average molecular weight is 536 g/mol. The number of methoxy groups -OCH3 is 1. The number of rotatable bonds is 9. The molecule has 0 saturated carbocycles. The maximum Gasteiger partial charge on any atom is 0.309 e. The van der Waals surface area contributed by atoms with Crippen molar-refractivity contribution < 1.29 is 19.1 Å². The molecule has 1 heterocycles. The number of carbonyl (C=O) groups is 2. The molecule has 5 nitrogen and oxygen atoms in total. The number of ether oxygens (including phenoxy) is 2. The van der Waals surface area contributed by atoms with Gasteiger partial charge in [-0.15, -0.1) is 0 Å². The van der Waals surface area contributed by atoms with Gasteiger partial charge in [0.2, 0.25) is 0 Å². The van der Waals surface area contributed by atoms with Crippen LogP contribution in [0.2, 0.25) is 0 Å². The molecule has 4 atom stereocenters. The summed E-state index contributed by atoms with van der Waals surface area (Å²) in [6.45, 7) is 18.0. The van der Waals surface area contributed by atoms with Crippen LogP contribution >= 0.6 is 0 Å². The fourth-order valence-electron chi connectivity index (χ4n) is 5.48. The molecule has 0 unspecified atom stereocenters. The van der Waals surface area contributed by atoms with Gasteiger partial charge in [0.15, 0.2) is 0 Å². The number of carbonyl (C=O) groups excluding carboxylic acids is 2. The Hall–Kier alpha value is -2.66. The van der Waals surface area contributed by atoms with Crippen LogP contribution in [0.4, 0.5) is 0 Å². The molecule has 1 fully saturated rings. The summed E-state index contributed by atoms with van der Waals surface area (Å²) >= 11 is 0. The molecule has 214 valence electrons. The zero-order chi connectivity index (χ0) is 29.0. The summed E-state index contributed by atoms with van der Waals surface area (Å²) < 4.78 is 10.9. The summed E-state index contributed by atoms with van der Waals surface area (Å²) in [5.74, 6) is -0.983. The summed E-state index contributed by atoms with van der Waals surface area (Å²) in [6, 6.07) is 18.1. The number of esters is 2. The second-order valence-corrected chi connectivity index (χ2v) is 13.3. The average Bonchev–Trinajstić information content (AvgIpc) is 3.33. The lowest BCUT2D eigenvalue weighted by molar-refractivity contribution is -0.157. The zero-order valence-electron chi connectivity index (χ0n) is 25.5. The van der Waals surface area contributed by atoms with Gasteiger partial charge in [0.05, 0.1) is 19.4 Å². The molecule has 2 aromatic rings. The molecular weight excluding hydrogens is 486 g/mol. The molecule has 0 aromatic heterocycles. The lowest BCUT2D eigenvalue weighted by Crippen LogP contribution is -2.30. The van der Waals surface area contributed by atoms with Crippen molar-refractivity contribution in [1.29, 1.82) is 0 Å². The Bertz CT molecular complexity index is 1030. The second-order valence-electron chi connectivity index (χ2n) is 13.3. The highest BCUT2D eigenvalue weighted by atomic mass is 16.5. The minimum Gasteiger partial charge on any atom is -0.469 e. The molecule has 0 radical (unpaired) electrons. The highest BCUT2D eigenvalue weighted by Gasteiger charge is 2.36. The van der Waals surface area contributed by atoms with E-state index in [0.717, 1.165) is 6.42 Å². The Balaban J connectivity index is 1.81. The van der Waals surface area contributed by atoms with E-state index in [1.165, 1.54) is 29.4 Å². The fourth-order valence-corrected chi connectivity index (χ4v) is 5.48. The van der Waals surface area contributed by atoms with Gasteiger partial charge in [0.1, 0.15) is 6.10 Å². The summed E-state index contributed by atoms with van der Waals surface area (Å²) in [7, 11) is 1.37. The lowest BCUT2D eigenvalue weighted by Gasteiger charge is -2.27. The van der Waals surface area contributed by atoms with Crippen molar-refractivity contribution in [1.82, 2.24) is 5.32 Å². The molecule has 5 heteroatoms. The van der Waals surface area contributed by atoms with Crippen LogP contribution in [0.3, 0.4) is 0 Å². The SMILES string of the molecule is CC[C@H](C)[C@H](CC(=O)O[C@H]1CN[C@@H](C(c2ccc(C(C)(C)C)cc2)c2ccc(C(C)(C)C)cc2)C1)C(=O)OC. The highest BCUT2D eigenvalue weighted by molar-refractivity contribution is 5.80. The molecule has 1 N–H and O–H groups in total. The molecule has 0 aliphatic carbocycles. The number of benzene rings is 2. The lowest BCUT2D eigenvalue weighted by atomic mass is 9.80. The first-order valence-corrected chi connectivity index (χ1v) is 14.5. The molecular formula is C34H49NO4. The minimum absolute atomic E-state index is 0.0504. The van der Waals surface area contributed by atoms with Crippen molar-refractivity contribution in [2.24, 2.45) is 11.8 Å². The van der Waals surface area contributed by atoms with Gasteiger partial charge in [-0.05, 0) is 39.0 Å². The van der Waals surface area contributed by atoms with Crippen LogP contribution in [0.1, 0.15) is 103 Å². The third-order valence-electron chi connectivity index (χ3n) is 8.32. The van der Waals surface area contributed by atoms with Crippen LogP contribution in [0.5, 0.6) is 0 Å². The first-order chi connectivity index (χ1) is 18.2. The van der Waals surface area contributed by atoms with Crippen molar-refractivity contribution in [2.75, 3.05) is 13.7 Å². The molecule has 0 bridgehead atoms. The third kappa shape index (κ3) is 7.94. The van der Waals surface area contributed by atoms with Gasteiger partial charge >= 0.3 is 11.9 Å². The van der Waals surface area contributed by atoms with E-state index in [9.17, 15) is 9.59 Å².